The molecule has 2 aromatic heterocycles. The maximum Gasteiger partial charge on any atom is 0.338 e. The van der Waals surface area contributed by atoms with Gasteiger partial charge in [0, 0.05) is 6.42 Å². The van der Waals surface area contributed by atoms with E-state index in [1.54, 1.807) is 30.3 Å². The summed E-state index contributed by atoms with van der Waals surface area (Å²) in [5.41, 5.74) is 1.20. The molecule has 3 heterocycles. The summed E-state index contributed by atoms with van der Waals surface area (Å²) in [5.74, 6) is -0.472. The molecule has 0 N–H and O–H groups in total. The molecule has 3 aromatic rings. The average molecular weight is 377 g/mol. The summed E-state index contributed by atoms with van der Waals surface area (Å²) in [6.45, 7) is -0.0347. The standard InChI is InChI=1S/C17H14ClFN4O3/c18-14-13-15(21-8-20-14)23(9-22-13)16-12(19)6-11(26-16)7-25-17(24)10-4-2-1-3-5-10/h1-5,8-9,11-12,16H,6-7H2/t11-,12-,16+/m0/s1. The Kier molecular flexibility index (Phi) is 4.52. The number of fused-ring (bicyclic) bond motifs is 1. The molecule has 9 heteroatoms. The van der Waals surface area contributed by atoms with E-state index in [1.165, 1.54) is 17.2 Å². The number of aromatic nitrogens is 4. The summed E-state index contributed by atoms with van der Waals surface area (Å²) in [6.07, 6.45) is 0.0429. The summed E-state index contributed by atoms with van der Waals surface area (Å²) in [5, 5.41) is 0.190. The molecule has 0 bridgehead atoms. The lowest BCUT2D eigenvalue weighted by Crippen LogP contribution is -2.19. The molecule has 0 unspecified atom stereocenters. The second kappa shape index (κ2) is 6.97. The number of halogens is 2. The molecule has 1 fully saturated rings. The van der Waals surface area contributed by atoms with Gasteiger partial charge in [0.2, 0.25) is 0 Å². The number of benzene rings is 1. The third-order valence-corrected chi connectivity index (χ3v) is 4.40. The molecule has 134 valence electrons. The molecule has 1 saturated heterocycles. The van der Waals surface area contributed by atoms with Crippen LogP contribution in [0.3, 0.4) is 0 Å². The van der Waals surface area contributed by atoms with Crippen LogP contribution in [0.4, 0.5) is 4.39 Å². The van der Waals surface area contributed by atoms with Gasteiger partial charge in [-0.1, -0.05) is 29.8 Å². The van der Waals surface area contributed by atoms with Gasteiger partial charge in [0.15, 0.2) is 17.0 Å². The zero-order valence-electron chi connectivity index (χ0n) is 13.5. The fraction of sp³-hybridized carbons (Fsp3) is 0.294. The molecule has 0 radical (unpaired) electrons. The third-order valence-electron chi connectivity index (χ3n) is 4.13. The van der Waals surface area contributed by atoms with Crippen LogP contribution in [0.1, 0.15) is 23.0 Å². The molecule has 1 aliphatic rings. The number of hydrogen-bond donors (Lipinski definition) is 0. The fourth-order valence-electron chi connectivity index (χ4n) is 2.89. The Morgan fingerprint density at radius 3 is 2.92 bits per heavy atom. The Morgan fingerprint density at radius 2 is 2.12 bits per heavy atom. The van der Waals surface area contributed by atoms with Crippen molar-refractivity contribution in [3.8, 4) is 0 Å². The number of rotatable bonds is 4. The van der Waals surface area contributed by atoms with Crippen molar-refractivity contribution >= 4 is 28.7 Å². The number of alkyl halides is 1. The number of ether oxygens (including phenoxy) is 2. The maximum atomic E-state index is 14.5. The first-order valence-corrected chi connectivity index (χ1v) is 8.36. The van der Waals surface area contributed by atoms with Gasteiger partial charge in [-0.3, -0.25) is 4.57 Å². The Bertz CT molecular complexity index is 936. The van der Waals surface area contributed by atoms with Crippen molar-refractivity contribution in [3.63, 3.8) is 0 Å². The third kappa shape index (κ3) is 3.13. The molecule has 26 heavy (non-hydrogen) atoms. The van der Waals surface area contributed by atoms with Gasteiger partial charge in [-0.15, -0.1) is 0 Å². The molecule has 4 rings (SSSR count). The lowest BCUT2D eigenvalue weighted by molar-refractivity contribution is -0.0420. The summed E-state index contributed by atoms with van der Waals surface area (Å²) < 4.78 is 26.9. The van der Waals surface area contributed by atoms with Gasteiger partial charge in [0.05, 0.1) is 18.0 Å². The van der Waals surface area contributed by atoms with Crippen LogP contribution in [0, 0.1) is 0 Å². The van der Waals surface area contributed by atoms with Gasteiger partial charge in [-0.05, 0) is 12.1 Å². The summed E-state index contributed by atoms with van der Waals surface area (Å²) in [6, 6.07) is 8.60. The van der Waals surface area contributed by atoms with Crippen molar-refractivity contribution in [1.29, 1.82) is 0 Å². The summed E-state index contributed by atoms with van der Waals surface area (Å²) in [7, 11) is 0. The minimum absolute atomic E-state index is 0.0347. The first kappa shape index (κ1) is 16.9. The Labute approximate surface area is 152 Å². The second-order valence-corrected chi connectivity index (χ2v) is 6.21. The number of esters is 1. The van der Waals surface area contributed by atoms with Gasteiger partial charge >= 0.3 is 5.97 Å². The van der Waals surface area contributed by atoms with Crippen molar-refractivity contribution in [2.24, 2.45) is 0 Å². The highest BCUT2D eigenvalue weighted by atomic mass is 35.5. The maximum absolute atomic E-state index is 14.5. The molecule has 7 nitrogen and oxygen atoms in total. The van der Waals surface area contributed by atoms with E-state index in [1.807, 2.05) is 0 Å². The van der Waals surface area contributed by atoms with E-state index in [4.69, 9.17) is 21.1 Å². The van der Waals surface area contributed by atoms with Crippen LogP contribution < -0.4 is 0 Å². The highest BCUT2D eigenvalue weighted by Gasteiger charge is 2.38. The summed E-state index contributed by atoms with van der Waals surface area (Å²) >= 11 is 5.97. The normalized spacial score (nSPS) is 22.6. The molecule has 1 aromatic carbocycles. The molecule has 1 aliphatic heterocycles. The lowest BCUT2D eigenvalue weighted by atomic mass is 10.2. The smallest absolute Gasteiger partial charge is 0.338 e. The van der Waals surface area contributed by atoms with E-state index in [0.717, 1.165) is 0 Å². The van der Waals surface area contributed by atoms with E-state index in [9.17, 15) is 9.18 Å². The van der Waals surface area contributed by atoms with Gasteiger partial charge in [0.1, 0.15) is 24.6 Å². The van der Waals surface area contributed by atoms with Crippen molar-refractivity contribution in [1.82, 2.24) is 19.5 Å². The largest absolute Gasteiger partial charge is 0.459 e. The Morgan fingerprint density at radius 1 is 1.31 bits per heavy atom. The Balaban J connectivity index is 1.44. The molecule has 0 aliphatic carbocycles. The van der Waals surface area contributed by atoms with Crippen LogP contribution in [-0.4, -0.2) is 44.4 Å². The first-order chi connectivity index (χ1) is 12.6. The van der Waals surface area contributed by atoms with Crippen LogP contribution in [0.5, 0.6) is 0 Å². The number of nitrogens with zero attached hydrogens (tertiary/aromatic N) is 4. The zero-order valence-corrected chi connectivity index (χ0v) is 14.2. The molecule has 0 spiro atoms. The van der Waals surface area contributed by atoms with Gasteiger partial charge < -0.3 is 9.47 Å². The number of imidazole rings is 1. The zero-order chi connectivity index (χ0) is 18.1. The average Bonchev–Trinajstić information content (AvgIpc) is 3.24. The lowest BCUT2D eigenvalue weighted by Gasteiger charge is -2.16. The van der Waals surface area contributed by atoms with Crippen molar-refractivity contribution < 1.29 is 18.7 Å². The van der Waals surface area contributed by atoms with Gasteiger partial charge in [-0.25, -0.2) is 24.1 Å². The molecular weight excluding hydrogens is 363 g/mol. The van der Waals surface area contributed by atoms with E-state index < -0.39 is 24.5 Å². The van der Waals surface area contributed by atoms with Crippen LogP contribution >= 0.6 is 11.6 Å². The number of carbonyl (C=O) groups excluding carboxylic acids is 1. The van der Waals surface area contributed by atoms with E-state index in [-0.39, 0.29) is 18.2 Å². The second-order valence-electron chi connectivity index (χ2n) is 5.85. The minimum atomic E-state index is -1.29. The Hall–Kier alpha value is -2.58. The van der Waals surface area contributed by atoms with Crippen molar-refractivity contribution in [2.75, 3.05) is 6.61 Å². The number of hydrogen-bond acceptors (Lipinski definition) is 6. The van der Waals surface area contributed by atoms with Gasteiger partial charge in [-0.2, -0.15) is 0 Å². The highest BCUT2D eigenvalue weighted by molar-refractivity contribution is 6.33. The molecule has 3 atom stereocenters. The SMILES string of the molecule is O=C(OC[C@@H]1C[C@H](F)[C@H](n2cnc3c(Cl)ncnc32)O1)c1ccccc1. The van der Waals surface area contributed by atoms with Crippen LogP contribution in [0.15, 0.2) is 43.0 Å². The van der Waals surface area contributed by atoms with Gasteiger partial charge in [0.25, 0.3) is 0 Å². The first-order valence-electron chi connectivity index (χ1n) is 7.98. The molecule has 0 amide bonds. The fourth-order valence-corrected chi connectivity index (χ4v) is 3.07. The number of carbonyl (C=O) groups is 1. The topological polar surface area (TPSA) is 79.1 Å². The van der Waals surface area contributed by atoms with Crippen LogP contribution in [0.2, 0.25) is 5.15 Å². The van der Waals surface area contributed by atoms with Crippen molar-refractivity contribution in [2.45, 2.75) is 24.9 Å². The highest BCUT2D eigenvalue weighted by Crippen LogP contribution is 2.34. The van der Waals surface area contributed by atoms with Crippen molar-refractivity contribution in [3.05, 3.63) is 53.7 Å². The molecule has 0 saturated carbocycles. The van der Waals surface area contributed by atoms with E-state index >= 15 is 0 Å². The monoisotopic (exact) mass is 376 g/mol. The van der Waals surface area contributed by atoms with Crippen LogP contribution in [0.25, 0.3) is 11.2 Å². The predicted octanol–water partition coefficient (Wildman–Crippen LogP) is 2.96. The predicted molar refractivity (Wildman–Crippen MR) is 90.5 cm³/mol. The minimum Gasteiger partial charge on any atom is -0.459 e. The van der Waals surface area contributed by atoms with E-state index in [0.29, 0.717) is 16.7 Å². The summed E-state index contributed by atoms with van der Waals surface area (Å²) in [4.78, 5) is 24.0. The van der Waals surface area contributed by atoms with Crippen LogP contribution in [-0.2, 0) is 9.47 Å². The van der Waals surface area contributed by atoms with E-state index in [2.05, 4.69) is 15.0 Å². The quantitative estimate of drug-likeness (QED) is 0.514. The molecular formula is C17H14ClFN4O3.